The fourth-order valence-corrected chi connectivity index (χ4v) is 2.68. The highest BCUT2D eigenvalue weighted by molar-refractivity contribution is 5.91. The molecule has 3 rings (SSSR count). The van der Waals surface area contributed by atoms with Gasteiger partial charge < -0.3 is 10.2 Å². The third-order valence-electron chi connectivity index (χ3n) is 3.67. The average molecular weight is 271 g/mol. The van der Waals surface area contributed by atoms with E-state index in [0.717, 1.165) is 37.3 Å². The monoisotopic (exact) mass is 271 g/mol. The summed E-state index contributed by atoms with van der Waals surface area (Å²) in [4.78, 5) is 25.7. The van der Waals surface area contributed by atoms with Gasteiger partial charge in [0.2, 0.25) is 5.91 Å². The molecule has 0 atom stereocenters. The van der Waals surface area contributed by atoms with Crippen molar-refractivity contribution in [1.82, 2.24) is 9.88 Å². The summed E-state index contributed by atoms with van der Waals surface area (Å²) in [6.45, 7) is 5.30. The topological polar surface area (TPSA) is 54.3 Å². The van der Waals surface area contributed by atoms with Crippen LogP contribution in [0.15, 0.2) is 35.1 Å². The Morgan fingerprint density at radius 1 is 1.15 bits per heavy atom. The number of carbonyl (C=O) groups is 1. The smallest absolute Gasteiger partial charge is 0.257 e. The number of hydrogen-bond acceptors (Lipinski definition) is 4. The minimum atomic E-state index is -0.278. The summed E-state index contributed by atoms with van der Waals surface area (Å²) in [6, 6.07) is 9.11. The lowest BCUT2D eigenvalue weighted by Gasteiger charge is -2.29. The van der Waals surface area contributed by atoms with E-state index in [2.05, 4.69) is 10.2 Å². The van der Waals surface area contributed by atoms with Gasteiger partial charge in [-0.3, -0.25) is 9.59 Å². The van der Waals surface area contributed by atoms with Crippen LogP contribution in [0.5, 0.6) is 0 Å². The van der Waals surface area contributed by atoms with Crippen LogP contribution in [0.2, 0.25) is 0 Å². The largest absolute Gasteiger partial charge is 0.369 e. The van der Waals surface area contributed by atoms with Crippen LogP contribution >= 0.6 is 0 Å². The number of fused-ring (bicyclic) bond motifs is 1. The van der Waals surface area contributed by atoms with Gasteiger partial charge in [-0.05, 0) is 24.3 Å². The van der Waals surface area contributed by atoms with Gasteiger partial charge >= 0.3 is 0 Å². The van der Waals surface area contributed by atoms with E-state index in [1.165, 1.54) is 17.6 Å². The first-order valence-electron chi connectivity index (χ1n) is 6.79. The SMILES string of the molecule is CC(=O)n1c(=O)ccc2cc(N3CCNCC3)ccc21. The molecule has 0 amide bonds. The zero-order valence-corrected chi connectivity index (χ0v) is 11.4. The van der Waals surface area contributed by atoms with E-state index in [4.69, 9.17) is 0 Å². The van der Waals surface area contributed by atoms with Gasteiger partial charge in [-0.2, -0.15) is 0 Å². The van der Waals surface area contributed by atoms with Crippen molar-refractivity contribution < 1.29 is 4.79 Å². The summed E-state index contributed by atoms with van der Waals surface area (Å²) in [7, 11) is 0. The summed E-state index contributed by atoms with van der Waals surface area (Å²) in [5.41, 5.74) is 1.52. The maximum Gasteiger partial charge on any atom is 0.257 e. The minimum absolute atomic E-state index is 0.254. The summed E-state index contributed by atoms with van der Waals surface area (Å²) in [5.74, 6) is -0.254. The van der Waals surface area contributed by atoms with Crippen molar-refractivity contribution in [2.24, 2.45) is 0 Å². The van der Waals surface area contributed by atoms with Crippen molar-refractivity contribution in [1.29, 1.82) is 0 Å². The molecule has 1 aliphatic rings. The van der Waals surface area contributed by atoms with Crippen LogP contribution in [0.1, 0.15) is 11.7 Å². The number of carbonyl (C=O) groups excluding carboxylic acids is 1. The van der Waals surface area contributed by atoms with Crippen LogP contribution < -0.4 is 15.8 Å². The van der Waals surface area contributed by atoms with Gasteiger partial charge in [-0.15, -0.1) is 0 Å². The number of pyridine rings is 1. The summed E-state index contributed by atoms with van der Waals surface area (Å²) in [5, 5.41) is 4.23. The zero-order valence-electron chi connectivity index (χ0n) is 11.4. The molecule has 1 N–H and O–H groups in total. The molecule has 1 aliphatic heterocycles. The lowest BCUT2D eigenvalue weighted by molar-refractivity contribution is 0.0937. The molecule has 104 valence electrons. The van der Waals surface area contributed by atoms with Gasteiger partial charge in [0.05, 0.1) is 5.52 Å². The predicted molar refractivity (Wildman–Crippen MR) is 79.6 cm³/mol. The van der Waals surface area contributed by atoms with Gasteiger partial charge in [-0.1, -0.05) is 0 Å². The lowest BCUT2D eigenvalue weighted by Crippen LogP contribution is -2.43. The van der Waals surface area contributed by atoms with Crippen molar-refractivity contribution in [3.05, 3.63) is 40.7 Å². The van der Waals surface area contributed by atoms with Gasteiger partial charge in [0.1, 0.15) is 0 Å². The van der Waals surface area contributed by atoms with Crippen molar-refractivity contribution >= 4 is 22.5 Å². The van der Waals surface area contributed by atoms with Crippen LogP contribution in [-0.4, -0.2) is 36.7 Å². The van der Waals surface area contributed by atoms with Crippen molar-refractivity contribution in [2.75, 3.05) is 31.1 Å². The first kappa shape index (κ1) is 12.9. The Morgan fingerprint density at radius 2 is 1.90 bits per heavy atom. The molecule has 1 aromatic heterocycles. The first-order valence-corrected chi connectivity index (χ1v) is 6.79. The molecule has 0 radical (unpaired) electrons. The number of hydrogen-bond donors (Lipinski definition) is 1. The Labute approximate surface area is 116 Å². The van der Waals surface area contributed by atoms with E-state index in [0.29, 0.717) is 5.52 Å². The minimum Gasteiger partial charge on any atom is -0.369 e. The highest BCUT2D eigenvalue weighted by atomic mass is 16.2. The fourth-order valence-electron chi connectivity index (χ4n) is 2.68. The second-order valence-electron chi connectivity index (χ2n) is 5.01. The van der Waals surface area contributed by atoms with Gasteiger partial charge in [-0.25, -0.2) is 4.57 Å². The second-order valence-corrected chi connectivity index (χ2v) is 5.01. The number of aromatic nitrogens is 1. The van der Waals surface area contributed by atoms with Crippen LogP contribution in [0.4, 0.5) is 5.69 Å². The maximum absolute atomic E-state index is 11.8. The van der Waals surface area contributed by atoms with Crippen LogP contribution in [0, 0.1) is 0 Å². The molecular weight excluding hydrogens is 254 g/mol. The standard InChI is InChI=1S/C15H17N3O2/c1-11(19)18-14-4-3-13(17-8-6-16-7-9-17)10-12(14)2-5-15(18)20/h2-5,10,16H,6-9H2,1H3. The Morgan fingerprint density at radius 3 is 2.60 bits per heavy atom. The summed E-state index contributed by atoms with van der Waals surface area (Å²) in [6.07, 6.45) is 0. The van der Waals surface area contributed by atoms with Gasteiger partial charge in [0, 0.05) is 50.2 Å². The number of anilines is 1. The van der Waals surface area contributed by atoms with E-state index in [1.54, 1.807) is 6.07 Å². The number of benzene rings is 1. The van der Waals surface area contributed by atoms with Crippen LogP contribution in [0.3, 0.4) is 0 Å². The summed E-state index contributed by atoms with van der Waals surface area (Å²) >= 11 is 0. The Kier molecular flexibility index (Phi) is 3.28. The molecule has 0 spiro atoms. The third-order valence-corrected chi connectivity index (χ3v) is 3.67. The molecule has 2 aromatic rings. The Hall–Kier alpha value is -2.14. The zero-order chi connectivity index (χ0) is 14.1. The van der Waals surface area contributed by atoms with E-state index in [9.17, 15) is 9.59 Å². The van der Waals surface area contributed by atoms with Crippen molar-refractivity contribution in [2.45, 2.75) is 6.92 Å². The van der Waals surface area contributed by atoms with Gasteiger partial charge in [0.15, 0.2) is 0 Å². The maximum atomic E-state index is 11.8. The third kappa shape index (κ3) is 2.20. The lowest BCUT2D eigenvalue weighted by atomic mass is 10.1. The fraction of sp³-hybridized carbons (Fsp3) is 0.333. The Bertz CT molecular complexity index is 715. The number of nitrogens with zero attached hydrogens (tertiary/aromatic N) is 2. The first-order chi connectivity index (χ1) is 9.66. The normalized spacial score (nSPS) is 15.6. The highest BCUT2D eigenvalue weighted by Gasteiger charge is 2.12. The van der Waals surface area contributed by atoms with Crippen LogP contribution in [0.25, 0.3) is 10.9 Å². The molecule has 0 bridgehead atoms. The second kappa shape index (κ2) is 5.09. The number of rotatable bonds is 1. The summed E-state index contributed by atoms with van der Waals surface area (Å²) < 4.78 is 1.22. The molecule has 0 saturated carbocycles. The molecule has 5 nitrogen and oxygen atoms in total. The van der Waals surface area contributed by atoms with E-state index < -0.39 is 0 Å². The molecular formula is C15H17N3O2. The van der Waals surface area contributed by atoms with Crippen molar-refractivity contribution in [3.63, 3.8) is 0 Å². The Balaban J connectivity index is 2.10. The molecule has 0 unspecified atom stereocenters. The average Bonchev–Trinajstić information content (AvgIpc) is 2.47. The highest BCUT2D eigenvalue weighted by Crippen LogP contribution is 2.21. The molecule has 0 aliphatic carbocycles. The molecule has 1 aromatic carbocycles. The number of nitrogens with one attached hydrogen (secondary N) is 1. The molecule has 1 saturated heterocycles. The van der Waals surface area contributed by atoms with Gasteiger partial charge in [0.25, 0.3) is 5.56 Å². The van der Waals surface area contributed by atoms with E-state index in [1.807, 2.05) is 18.2 Å². The molecule has 20 heavy (non-hydrogen) atoms. The van der Waals surface area contributed by atoms with Crippen LogP contribution in [-0.2, 0) is 0 Å². The molecule has 2 heterocycles. The molecule has 5 heteroatoms. The van der Waals surface area contributed by atoms with Crippen molar-refractivity contribution in [3.8, 4) is 0 Å². The van der Waals surface area contributed by atoms with E-state index in [-0.39, 0.29) is 11.5 Å². The molecule has 1 fully saturated rings. The predicted octanol–water partition coefficient (Wildman–Crippen LogP) is 1.07. The number of piperazine rings is 1. The quantitative estimate of drug-likeness (QED) is 0.843. The van der Waals surface area contributed by atoms with E-state index >= 15 is 0 Å².